The molecule has 0 spiro atoms. The molecule has 1 atom stereocenters. The second kappa shape index (κ2) is 5.72. The molecule has 0 aliphatic carbocycles. The molecule has 0 aromatic heterocycles. The van der Waals surface area contributed by atoms with Gasteiger partial charge in [-0.25, -0.2) is 0 Å². The predicted octanol–water partition coefficient (Wildman–Crippen LogP) is 1.65. The first-order valence-electron chi connectivity index (χ1n) is 7.18. The average molecular weight is 252 g/mol. The first-order valence-corrected chi connectivity index (χ1v) is 7.18. The number of carbonyl (C=O) groups is 2. The Bertz CT molecular complexity index is 328. The molecule has 18 heavy (non-hydrogen) atoms. The Hall–Kier alpha value is -1.06. The standard InChI is InChI=1S/C14H24N2O2/c1-11(2)6-5-8-15-10-13(17)16-9-4-3-7-12(16)14(15)18/h11-12H,3-10H2,1-2H3. The van der Waals surface area contributed by atoms with Crippen LogP contribution in [0.5, 0.6) is 0 Å². The van der Waals surface area contributed by atoms with Gasteiger partial charge in [-0.1, -0.05) is 13.8 Å². The summed E-state index contributed by atoms with van der Waals surface area (Å²) in [5.41, 5.74) is 0. The quantitative estimate of drug-likeness (QED) is 0.763. The highest BCUT2D eigenvalue weighted by molar-refractivity contribution is 5.95. The van der Waals surface area contributed by atoms with Crippen molar-refractivity contribution in [1.82, 2.24) is 9.80 Å². The molecular weight excluding hydrogens is 228 g/mol. The summed E-state index contributed by atoms with van der Waals surface area (Å²) in [6, 6.07) is -0.154. The lowest BCUT2D eigenvalue weighted by atomic mass is 9.98. The molecule has 1 unspecified atom stereocenters. The van der Waals surface area contributed by atoms with Gasteiger partial charge in [0.25, 0.3) is 0 Å². The first-order chi connectivity index (χ1) is 8.59. The van der Waals surface area contributed by atoms with E-state index < -0.39 is 0 Å². The highest BCUT2D eigenvalue weighted by Gasteiger charge is 2.39. The van der Waals surface area contributed by atoms with Gasteiger partial charge in [0.1, 0.15) is 6.04 Å². The number of fused-ring (bicyclic) bond motifs is 1. The molecule has 2 fully saturated rings. The highest BCUT2D eigenvalue weighted by Crippen LogP contribution is 2.23. The van der Waals surface area contributed by atoms with Gasteiger partial charge in [0.15, 0.2) is 0 Å². The smallest absolute Gasteiger partial charge is 0.245 e. The molecule has 2 aliphatic rings. The number of amides is 2. The number of piperazine rings is 1. The number of nitrogens with zero attached hydrogens (tertiary/aromatic N) is 2. The SMILES string of the molecule is CC(C)CCCN1CC(=O)N2CCCCC2C1=O. The maximum Gasteiger partial charge on any atom is 0.245 e. The van der Waals surface area contributed by atoms with Crippen molar-refractivity contribution in [1.29, 1.82) is 0 Å². The lowest BCUT2D eigenvalue weighted by Gasteiger charge is -2.42. The molecule has 4 heteroatoms. The number of hydrogen-bond acceptors (Lipinski definition) is 2. The zero-order valence-electron chi connectivity index (χ0n) is 11.5. The van der Waals surface area contributed by atoms with Crippen LogP contribution in [-0.2, 0) is 9.59 Å². The van der Waals surface area contributed by atoms with Gasteiger partial charge in [-0.2, -0.15) is 0 Å². The molecule has 2 rings (SSSR count). The fraction of sp³-hybridized carbons (Fsp3) is 0.857. The largest absolute Gasteiger partial charge is 0.332 e. The Labute approximate surface area is 109 Å². The molecular formula is C14H24N2O2. The number of carbonyl (C=O) groups excluding carboxylic acids is 2. The van der Waals surface area contributed by atoms with E-state index in [1.165, 1.54) is 0 Å². The van der Waals surface area contributed by atoms with Gasteiger partial charge in [-0.05, 0) is 38.0 Å². The first kappa shape index (κ1) is 13.4. The third-order valence-corrected chi connectivity index (χ3v) is 3.96. The molecule has 4 nitrogen and oxygen atoms in total. The molecule has 2 saturated heterocycles. The Morgan fingerprint density at radius 2 is 2.06 bits per heavy atom. The summed E-state index contributed by atoms with van der Waals surface area (Å²) < 4.78 is 0. The van der Waals surface area contributed by atoms with Crippen LogP contribution < -0.4 is 0 Å². The van der Waals surface area contributed by atoms with Crippen LogP contribution in [0.1, 0.15) is 46.0 Å². The van der Waals surface area contributed by atoms with Gasteiger partial charge < -0.3 is 9.80 Å². The fourth-order valence-electron chi connectivity index (χ4n) is 2.91. The van der Waals surface area contributed by atoms with E-state index in [4.69, 9.17) is 0 Å². The molecule has 2 amide bonds. The lowest BCUT2D eigenvalue weighted by molar-refractivity contribution is -0.157. The second-order valence-corrected chi connectivity index (χ2v) is 5.89. The summed E-state index contributed by atoms with van der Waals surface area (Å²) in [5, 5.41) is 0. The van der Waals surface area contributed by atoms with Crippen LogP contribution in [0.3, 0.4) is 0 Å². The molecule has 0 radical (unpaired) electrons. The summed E-state index contributed by atoms with van der Waals surface area (Å²) in [7, 11) is 0. The highest BCUT2D eigenvalue weighted by atomic mass is 16.2. The van der Waals surface area contributed by atoms with E-state index in [1.807, 2.05) is 0 Å². The Kier molecular flexibility index (Phi) is 4.25. The monoisotopic (exact) mass is 252 g/mol. The maximum absolute atomic E-state index is 12.3. The van der Waals surface area contributed by atoms with Crippen LogP contribution in [0, 0.1) is 5.92 Å². The van der Waals surface area contributed by atoms with Crippen LogP contribution in [0.15, 0.2) is 0 Å². The van der Waals surface area contributed by atoms with Gasteiger partial charge in [0, 0.05) is 13.1 Å². The molecule has 0 saturated carbocycles. The van der Waals surface area contributed by atoms with Crippen molar-refractivity contribution >= 4 is 11.8 Å². The third-order valence-electron chi connectivity index (χ3n) is 3.96. The van der Waals surface area contributed by atoms with Crippen molar-refractivity contribution in [2.24, 2.45) is 5.92 Å². The molecule has 0 aromatic carbocycles. The van der Waals surface area contributed by atoms with E-state index in [0.717, 1.165) is 45.2 Å². The van der Waals surface area contributed by atoms with Gasteiger partial charge in [-0.15, -0.1) is 0 Å². The maximum atomic E-state index is 12.3. The Morgan fingerprint density at radius 3 is 2.78 bits per heavy atom. The second-order valence-electron chi connectivity index (χ2n) is 5.89. The number of rotatable bonds is 4. The molecule has 0 aromatic rings. The van der Waals surface area contributed by atoms with Crippen molar-refractivity contribution in [3.63, 3.8) is 0 Å². The molecule has 0 N–H and O–H groups in total. The van der Waals surface area contributed by atoms with Crippen molar-refractivity contribution in [2.45, 2.75) is 52.0 Å². The lowest BCUT2D eigenvalue weighted by Crippen LogP contribution is -2.61. The van der Waals surface area contributed by atoms with E-state index in [0.29, 0.717) is 12.5 Å². The van der Waals surface area contributed by atoms with Crippen LogP contribution in [-0.4, -0.2) is 47.3 Å². The number of piperidine rings is 1. The molecule has 2 aliphatic heterocycles. The van der Waals surface area contributed by atoms with Crippen LogP contribution >= 0.6 is 0 Å². The number of hydrogen-bond donors (Lipinski definition) is 0. The minimum absolute atomic E-state index is 0.142. The van der Waals surface area contributed by atoms with E-state index in [2.05, 4.69) is 13.8 Å². The van der Waals surface area contributed by atoms with E-state index in [9.17, 15) is 9.59 Å². The molecule has 102 valence electrons. The minimum Gasteiger partial charge on any atom is -0.332 e. The average Bonchev–Trinajstić information content (AvgIpc) is 2.35. The zero-order valence-corrected chi connectivity index (χ0v) is 11.5. The van der Waals surface area contributed by atoms with Crippen LogP contribution in [0.25, 0.3) is 0 Å². The van der Waals surface area contributed by atoms with E-state index in [-0.39, 0.29) is 17.9 Å². The normalized spacial score (nSPS) is 24.7. The van der Waals surface area contributed by atoms with Gasteiger partial charge in [0.05, 0.1) is 6.54 Å². The van der Waals surface area contributed by atoms with Crippen LogP contribution in [0.4, 0.5) is 0 Å². The molecule has 0 bridgehead atoms. The van der Waals surface area contributed by atoms with Crippen LogP contribution in [0.2, 0.25) is 0 Å². The fourth-order valence-corrected chi connectivity index (χ4v) is 2.91. The third kappa shape index (κ3) is 2.85. The van der Waals surface area contributed by atoms with E-state index in [1.54, 1.807) is 9.80 Å². The van der Waals surface area contributed by atoms with Crippen molar-refractivity contribution < 1.29 is 9.59 Å². The summed E-state index contributed by atoms with van der Waals surface area (Å²) in [6.07, 6.45) is 5.09. The van der Waals surface area contributed by atoms with Gasteiger partial charge in [0.2, 0.25) is 11.8 Å². The summed E-state index contributed by atoms with van der Waals surface area (Å²) >= 11 is 0. The Balaban J connectivity index is 1.92. The zero-order chi connectivity index (χ0) is 13.1. The van der Waals surface area contributed by atoms with Gasteiger partial charge in [-0.3, -0.25) is 9.59 Å². The van der Waals surface area contributed by atoms with Crippen molar-refractivity contribution in [3.05, 3.63) is 0 Å². The summed E-state index contributed by atoms with van der Waals surface area (Å²) in [4.78, 5) is 27.9. The summed E-state index contributed by atoms with van der Waals surface area (Å²) in [6.45, 7) is 6.19. The van der Waals surface area contributed by atoms with Crippen molar-refractivity contribution in [3.8, 4) is 0 Å². The predicted molar refractivity (Wildman–Crippen MR) is 70.0 cm³/mol. The topological polar surface area (TPSA) is 40.6 Å². The minimum atomic E-state index is -0.154. The molecule has 2 heterocycles. The van der Waals surface area contributed by atoms with E-state index >= 15 is 0 Å². The Morgan fingerprint density at radius 1 is 1.28 bits per heavy atom. The summed E-state index contributed by atoms with van der Waals surface area (Å²) in [5.74, 6) is 0.980. The van der Waals surface area contributed by atoms with Crippen molar-refractivity contribution in [2.75, 3.05) is 19.6 Å². The van der Waals surface area contributed by atoms with Gasteiger partial charge >= 0.3 is 0 Å².